The van der Waals surface area contributed by atoms with Gasteiger partial charge in [-0.15, -0.1) is 0 Å². The number of hydrazine groups is 1. The van der Waals surface area contributed by atoms with Gasteiger partial charge in [0.2, 0.25) is 0 Å². The predicted octanol–water partition coefficient (Wildman–Crippen LogP) is 1.84. The molecule has 1 aliphatic rings. The fraction of sp³-hybridized carbons (Fsp3) is 0.900. The van der Waals surface area contributed by atoms with Crippen LogP contribution in [0.25, 0.3) is 0 Å². The maximum Gasteiger partial charge on any atom is 0.111 e. The summed E-state index contributed by atoms with van der Waals surface area (Å²) in [6.07, 6.45) is 6.49. The Balaban J connectivity index is 2.38. The summed E-state index contributed by atoms with van der Waals surface area (Å²) in [7, 11) is 0. The first-order valence-electron chi connectivity index (χ1n) is 5.25. The molecule has 0 unspecified atom stereocenters. The van der Waals surface area contributed by atoms with Crippen molar-refractivity contribution >= 4 is 5.84 Å². The fourth-order valence-corrected chi connectivity index (χ4v) is 1.95. The molecule has 0 atom stereocenters. The Morgan fingerprint density at radius 1 is 1.46 bits per heavy atom. The van der Waals surface area contributed by atoms with Crippen molar-refractivity contribution in [2.75, 3.05) is 0 Å². The van der Waals surface area contributed by atoms with Gasteiger partial charge in [0, 0.05) is 12.5 Å². The van der Waals surface area contributed by atoms with Crippen LogP contribution < -0.4 is 11.3 Å². The molecule has 0 aromatic carbocycles. The lowest BCUT2D eigenvalue weighted by atomic mass is 10.0. The van der Waals surface area contributed by atoms with Gasteiger partial charge in [-0.2, -0.15) is 0 Å². The Morgan fingerprint density at radius 3 is 2.54 bits per heavy atom. The number of nitrogens with zero attached hydrogens (tertiary/aromatic N) is 1. The summed E-state index contributed by atoms with van der Waals surface area (Å²) in [6.45, 7) is 4.15. The van der Waals surface area contributed by atoms with E-state index >= 15 is 0 Å². The highest BCUT2D eigenvalue weighted by molar-refractivity contribution is 5.81. The van der Waals surface area contributed by atoms with Crippen molar-refractivity contribution in [2.24, 2.45) is 16.8 Å². The highest BCUT2D eigenvalue weighted by Gasteiger charge is 2.16. The van der Waals surface area contributed by atoms with E-state index in [1.165, 1.54) is 25.7 Å². The van der Waals surface area contributed by atoms with Gasteiger partial charge in [0.05, 0.1) is 0 Å². The molecule has 1 rings (SSSR count). The highest BCUT2D eigenvalue weighted by Crippen LogP contribution is 2.27. The highest BCUT2D eigenvalue weighted by atomic mass is 15.2. The summed E-state index contributed by atoms with van der Waals surface area (Å²) in [4.78, 5) is 4.44. The molecule has 1 aliphatic carbocycles. The Labute approximate surface area is 80.8 Å². The number of hydrogen-bond donors (Lipinski definition) is 2. The Bertz CT molecular complexity index is 169. The largest absolute Gasteiger partial charge is 0.312 e. The predicted molar refractivity (Wildman–Crippen MR) is 56.5 cm³/mol. The summed E-state index contributed by atoms with van der Waals surface area (Å²) >= 11 is 0. The Kier molecular flexibility index (Phi) is 4.22. The Hall–Kier alpha value is -0.570. The molecular weight excluding hydrogens is 162 g/mol. The number of amidine groups is 1. The molecule has 1 fully saturated rings. The van der Waals surface area contributed by atoms with Crippen molar-refractivity contribution < 1.29 is 0 Å². The minimum absolute atomic E-state index is 0.340. The number of aliphatic imine (C=N–C) groups is 1. The zero-order chi connectivity index (χ0) is 9.68. The van der Waals surface area contributed by atoms with E-state index < -0.39 is 0 Å². The maximum atomic E-state index is 5.42. The second-order valence-corrected chi connectivity index (χ2v) is 4.17. The molecule has 0 aliphatic heterocycles. The summed E-state index contributed by atoms with van der Waals surface area (Å²) < 4.78 is 0. The summed E-state index contributed by atoms with van der Waals surface area (Å²) in [5.74, 6) is 7.21. The fourth-order valence-electron chi connectivity index (χ4n) is 1.95. The molecule has 0 saturated heterocycles. The van der Waals surface area contributed by atoms with E-state index in [0.29, 0.717) is 6.04 Å². The molecule has 1 saturated carbocycles. The lowest BCUT2D eigenvalue weighted by Gasteiger charge is -2.12. The first-order valence-corrected chi connectivity index (χ1v) is 5.25. The van der Waals surface area contributed by atoms with Crippen LogP contribution in [0, 0.1) is 5.92 Å². The van der Waals surface area contributed by atoms with Gasteiger partial charge in [-0.3, -0.25) is 4.99 Å². The number of nitrogens with one attached hydrogen (secondary N) is 1. The first kappa shape index (κ1) is 10.5. The van der Waals surface area contributed by atoms with Crippen LogP contribution in [-0.4, -0.2) is 11.9 Å². The molecule has 0 bridgehead atoms. The van der Waals surface area contributed by atoms with Crippen LogP contribution >= 0.6 is 0 Å². The molecule has 0 aromatic rings. The smallest absolute Gasteiger partial charge is 0.111 e. The molecule has 0 spiro atoms. The van der Waals surface area contributed by atoms with E-state index in [-0.39, 0.29) is 0 Å². The van der Waals surface area contributed by atoms with Crippen molar-refractivity contribution in [3.8, 4) is 0 Å². The molecule has 3 nitrogen and oxygen atoms in total. The van der Waals surface area contributed by atoms with E-state index in [2.05, 4.69) is 24.3 Å². The minimum Gasteiger partial charge on any atom is -0.312 e. The van der Waals surface area contributed by atoms with Crippen molar-refractivity contribution in [1.82, 2.24) is 5.43 Å². The third kappa shape index (κ3) is 3.77. The molecular formula is C10H21N3. The monoisotopic (exact) mass is 183 g/mol. The molecule has 0 radical (unpaired) electrons. The van der Waals surface area contributed by atoms with Crippen LogP contribution in [-0.2, 0) is 0 Å². The summed E-state index contributed by atoms with van der Waals surface area (Å²) in [5, 5.41) is 0. The molecule has 0 heterocycles. The van der Waals surface area contributed by atoms with E-state index in [0.717, 1.165) is 18.2 Å². The molecule has 3 N–H and O–H groups in total. The van der Waals surface area contributed by atoms with Crippen molar-refractivity contribution in [2.45, 2.75) is 52.0 Å². The van der Waals surface area contributed by atoms with E-state index in [9.17, 15) is 0 Å². The topological polar surface area (TPSA) is 50.4 Å². The maximum absolute atomic E-state index is 5.42. The number of nitrogens with two attached hydrogens (primary N) is 1. The first-order chi connectivity index (χ1) is 6.22. The molecule has 76 valence electrons. The van der Waals surface area contributed by atoms with E-state index in [1.807, 2.05) is 0 Å². The molecule has 3 heteroatoms. The quantitative estimate of drug-likeness (QED) is 0.303. The normalized spacial score (nSPS) is 19.8. The second kappa shape index (κ2) is 5.22. The van der Waals surface area contributed by atoms with Crippen LogP contribution in [0.1, 0.15) is 46.0 Å². The minimum atomic E-state index is 0.340. The van der Waals surface area contributed by atoms with Crippen LogP contribution in [0.4, 0.5) is 0 Å². The van der Waals surface area contributed by atoms with Gasteiger partial charge in [0.1, 0.15) is 5.84 Å². The van der Waals surface area contributed by atoms with Crippen molar-refractivity contribution in [3.63, 3.8) is 0 Å². The van der Waals surface area contributed by atoms with Gasteiger partial charge >= 0.3 is 0 Å². The third-order valence-corrected chi connectivity index (χ3v) is 2.54. The standard InChI is InChI=1S/C10H21N3/c1-8(2)12-10(13-11)7-9-5-3-4-6-9/h8-9H,3-7,11H2,1-2H3,(H,12,13). The van der Waals surface area contributed by atoms with Gasteiger partial charge < -0.3 is 5.43 Å². The summed E-state index contributed by atoms with van der Waals surface area (Å²) in [5.41, 5.74) is 2.71. The van der Waals surface area contributed by atoms with Gasteiger partial charge in [0.25, 0.3) is 0 Å². The SMILES string of the molecule is CC(C)N=C(CC1CCCC1)NN. The number of rotatable bonds is 3. The zero-order valence-corrected chi connectivity index (χ0v) is 8.71. The second-order valence-electron chi connectivity index (χ2n) is 4.17. The van der Waals surface area contributed by atoms with Gasteiger partial charge in [-0.1, -0.05) is 25.7 Å². The molecule has 13 heavy (non-hydrogen) atoms. The molecule has 0 aromatic heterocycles. The lowest BCUT2D eigenvalue weighted by Crippen LogP contribution is -2.32. The summed E-state index contributed by atoms with van der Waals surface area (Å²) in [6, 6.07) is 0.340. The zero-order valence-electron chi connectivity index (χ0n) is 8.71. The van der Waals surface area contributed by atoms with Crippen LogP contribution in [0.15, 0.2) is 4.99 Å². The van der Waals surface area contributed by atoms with E-state index in [4.69, 9.17) is 5.84 Å². The third-order valence-electron chi connectivity index (χ3n) is 2.54. The van der Waals surface area contributed by atoms with Gasteiger partial charge in [-0.05, 0) is 19.8 Å². The lowest BCUT2D eigenvalue weighted by molar-refractivity contribution is 0.562. The average molecular weight is 183 g/mol. The Morgan fingerprint density at radius 2 is 2.08 bits per heavy atom. The van der Waals surface area contributed by atoms with Crippen LogP contribution in [0.2, 0.25) is 0 Å². The van der Waals surface area contributed by atoms with Crippen LogP contribution in [0.3, 0.4) is 0 Å². The average Bonchev–Trinajstić information content (AvgIpc) is 2.55. The van der Waals surface area contributed by atoms with E-state index in [1.54, 1.807) is 0 Å². The van der Waals surface area contributed by atoms with Crippen LogP contribution in [0.5, 0.6) is 0 Å². The van der Waals surface area contributed by atoms with Gasteiger partial charge in [0.15, 0.2) is 0 Å². The van der Waals surface area contributed by atoms with Gasteiger partial charge in [-0.25, -0.2) is 5.84 Å². The molecule has 0 amide bonds. The number of hydrogen-bond acceptors (Lipinski definition) is 2. The van der Waals surface area contributed by atoms with Crippen molar-refractivity contribution in [1.29, 1.82) is 0 Å². The van der Waals surface area contributed by atoms with Crippen molar-refractivity contribution in [3.05, 3.63) is 0 Å².